The highest BCUT2D eigenvalue weighted by molar-refractivity contribution is 7.97. The maximum Gasteiger partial charge on any atom is 0.303 e. The van der Waals surface area contributed by atoms with E-state index in [2.05, 4.69) is 91.9 Å². The molecule has 0 unspecified atom stereocenters. The minimum absolute atomic E-state index is 0.0361. The average Bonchev–Trinajstić information content (AvgIpc) is 2.91. The molecule has 3 aromatic carbocycles. The Kier molecular flexibility index (Phi) is 12.3. The van der Waals surface area contributed by atoms with Crippen molar-refractivity contribution in [1.82, 2.24) is 9.62 Å². The summed E-state index contributed by atoms with van der Waals surface area (Å²) in [5, 5.41) is 23.5. The Labute approximate surface area is 245 Å². The number of carboxylic acids is 1. The Hall–Kier alpha value is -2.64. The van der Waals surface area contributed by atoms with E-state index in [1.165, 1.54) is 16.0 Å². The molecule has 0 saturated carbocycles. The molecule has 0 saturated heterocycles. The third-order valence-electron chi connectivity index (χ3n) is 7.35. The fraction of sp³-hybridized carbons (Fsp3) is 0.441. The third kappa shape index (κ3) is 10.1. The van der Waals surface area contributed by atoms with Crippen molar-refractivity contribution in [3.05, 3.63) is 89.0 Å². The zero-order chi connectivity index (χ0) is 29.1. The number of carbonyl (C=O) groups is 1. The zero-order valence-corrected chi connectivity index (χ0v) is 25.6. The Balaban J connectivity index is 1.55. The maximum atomic E-state index is 11.2. The van der Waals surface area contributed by atoms with Crippen LogP contribution in [0.3, 0.4) is 0 Å². The lowest BCUT2D eigenvalue weighted by molar-refractivity contribution is -0.136. The summed E-state index contributed by atoms with van der Waals surface area (Å²) in [4.78, 5) is 12.4. The lowest BCUT2D eigenvalue weighted by Gasteiger charge is -2.29. The van der Waals surface area contributed by atoms with Gasteiger partial charge in [-0.3, -0.25) is 4.79 Å². The van der Waals surface area contributed by atoms with Crippen molar-refractivity contribution >= 4 is 17.9 Å². The maximum absolute atomic E-state index is 11.2. The fourth-order valence-electron chi connectivity index (χ4n) is 5.12. The summed E-state index contributed by atoms with van der Waals surface area (Å²) in [6.07, 6.45) is 4.28. The highest BCUT2D eigenvalue weighted by Crippen LogP contribution is 2.34. The van der Waals surface area contributed by atoms with Crippen molar-refractivity contribution in [1.29, 1.82) is 0 Å². The number of carboxylic acid groups (broad SMARTS) is 1. The summed E-state index contributed by atoms with van der Waals surface area (Å²) in [5.74, 6) is -0.777. The molecule has 40 heavy (non-hydrogen) atoms. The Bertz CT molecular complexity index is 1230. The molecule has 0 fully saturated rings. The van der Waals surface area contributed by atoms with Gasteiger partial charge in [0.05, 0.1) is 6.10 Å². The molecule has 6 heteroatoms. The second kappa shape index (κ2) is 15.4. The molecule has 0 amide bonds. The van der Waals surface area contributed by atoms with Crippen LogP contribution in [0.2, 0.25) is 0 Å². The number of likely N-dealkylation sites (N-methyl/N-ethyl adjacent to an activating group) is 1. The highest BCUT2D eigenvalue weighted by Gasteiger charge is 2.20. The first-order valence-electron chi connectivity index (χ1n) is 14.4. The van der Waals surface area contributed by atoms with Crippen LogP contribution in [0.1, 0.15) is 62.3 Å². The SMILES string of the molecule is CCc1cc(-c2c(C)cccc2CCC(=O)O)ccc1SN(C)C[C@H](O)CNC(C)(C)CCCc1ccccc1. The van der Waals surface area contributed by atoms with E-state index >= 15 is 0 Å². The van der Waals surface area contributed by atoms with Crippen LogP contribution >= 0.6 is 11.9 Å². The van der Waals surface area contributed by atoms with E-state index in [4.69, 9.17) is 0 Å². The van der Waals surface area contributed by atoms with Gasteiger partial charge in [-0.05, 0) is 117 Å². The fourth-order valence-corrected chi connectivity index (χ4v) is 6.15. The average molecular weight is 563 g/mol. The van der Waals surface area contributed by atoms with E-state index in [0.29, 0.717) is 19.5 Å². The second-order valence-electron chi connectivity index (χ2n) is 11.3. The van der Waals surface area contributed by atoms with Crippen molar-refractivity contribution in [2.24, 2.45) is 0 Å². The van der Waals surface area contributed by atoms with Crippen LogP contribution in [0.25, 0.3) is 11.1 Å². The molecular weight excluding hydrogens is 516 g/mol. The molecule has 0 aliphatic heterocycles. The lowest BCUT2D eigenvalue weighted by Crippen LogP contribution is -2.45. The van der Waals surface area contributed by atoms with E-state index in [9.17, 15) is 15.0 Å². The largest absolute Gasteiger partial charge is 0.481 e. The summed E-state index contributed by atoms with van der Waals surface area (Å²) < 4.78 is 2.11. The van der Waals surface area contributed by atoms with Crippen LogP contribution in [0, 0.1) is 6.92 Å². The number of nitrogens with zero attached hydrogens (tertiary/aromatic N) is 1. The van der Waals surface area contributed by atoms with Gasteiger partial charge in [-0.1, -0.05) is 61.5 Å². The summed E-state index contributed by atoms with van der Waals surface area (Å²) in [7, 11) is 2.03. The zero-order valence-electron chi connectivity index (χ0n) is 24.7. The van der Waals surface area contributed by atoms with E-state index in [1.54, 1.807) is 11.9 Å². The predicted octanol–water partition coefficient (Wildman–Crippen LogP) is 6.93. The molecule has 0 bridgehead atoms. The lowest BCUT2D eigenvalue weighted by atomic mass is 9.91. The van der Waals surface area contributed by atoms with Gasteiger partial charge < -0.3 is 15.5 Å². The van der Waals surface area contributed by atoms with Gasteiger partial charge in [-0.2, -0.15) is 0 Å². The van der Waals surface area contributed by atoms with Crippen LogP contribution in [-0.2, 0) is 24.1 Å². The number of aliphatic hydroxyl groups excluding tert-OH is 1. The number of nitrogens with one attached hydrogen (secondary N) is 1. The molecule has 1 atom stereocenters. The van der Waals surface area contributed by atoms with Gasteiger partial charge >= 0.3 is 5.97 Å². The molecular formula is C34H46N2O3S. The van der Waals surface area contributed by atoms with Crippen molar-refractivity contribution in [3.63, 3.8) is 0 Å². The normalized spacial score (nSPS) is 12.6. The molecule has 0 radical (unpaired) electrons. The van der Waals surface area contributed by atoms with Crippen LogP contribution in [0.15, 0.2) is 71.6 Å². The number of rotatable bonds is 16. The number of aryl methyl sites for hydroxylation is 4. The molecule has 3 rings (SSSR count). The van der Waals surface area contributed by atoms with Crippen LogP contribution < -0.4 is 5.32 Å². The van der Waals surface area contributed by atoms with Crippen molar-refractivity contribution in [3.8, 4) is 11.1 Å². The Morgan fingerprint density at radius 1 is 1.02 bits per heavy atom. The van der Waals surface area contributed by atoms with Gasteiger partial charge in [0.25, 0.3) is 0 Å². The molecule has 3 N–H and O–H groups in total. The van der Waals surface area contributed by atoms with E-state index in [-0.39, 0.29) is 12.0 Å². The van der Waals surface area contributed by atoms with Crippen molar-refractivity contribution in [2.45, 2.75) is 82.8 Å². The highest BCUT2D eigenvalue weighted by atomic mass is 32.2. The number of hydrogen-bond acceptors (Lipinski definition) is 5. The summed E-state index contributed by atoms with van der Waals surface area (Å²) in [5.41, 5.74) is 7.06. The first-order valence-corrected chi connectivity index (χ1v) is 15.1. The summed E-state index contributed by atoms with van der Waals surface area (Å²) in [6.45, 7) is 9.77. The molecule has 5 nitrogen and oxygen atoms in total. The van der Waals surface area contributed by atoms with Gasteiger partial charge in [-0.25, -0.2) is 4.31 Å². The van der Waals surface area contributed by atoms with Crippen LogP contribution in [0.4, 0.5) is 0 Å². The van der Waals surface area contributed by atoms with Gasteiger partial charge in [0, 0.05) is 29.9 Å². The summed E-state index contributed by atoms with van der Waals surface area (Å²) in [6, 6.07) is 23.2. The smallest absolute Gasteiger partial charge is 0.303 e. The van der Waals surface area contributed by atoms with Crippen molar-refractivity contribution in [2.75, 3.05) is 20.1 Å². The monoisotopic (exact) mass is 562 g/mol. The number of aliphatic carboxylic acids is 1. The molecule has 0 aliphatic rings. The van der Waals surface area contributed by atoms with Gasteiger partial charge in [0.1, 0.15) is 0 Å². The minimum atomic E-state index is -0.777. The number of aliphatic hydroxyl groups is 1. The molecule has 216 valence electrons. The van der Waals surface area contributed by atoms with E-state index < -0.39 is 12.1 Å². The first-order chi connectivity index (χ1) is 19.1. The number of benzene rings is 3. The number of hydrogen-bond donors (Lipinski definition) is 3. The molecule has 0 aliphatic carbocycles. The predicted molar refractivity (Wildman–Crippen MR) is 168 cm³/mol. The number of β-amino-alcohol motifs (C(OH)–C–C–N with tert-alkyl or cyclic N) is 1. The standard InChI is InChI=1S/C34H46N2O3S/c1-6-27-22-29(33-25(2)12-10-16-28(33)18-20-32(38)39)17-19-31(27)40-36(5)24-30(37)23-35-34(3,4)21-11-15-26-13-8-7-9-14-26/h7-10,12-14,16-17,19,22,30,35,37H,6,11,15,18,20-21,23-24H2,1-5H3,(H,38,39)/t30-/m1/s1. The second-order valence-corrected chi connectivity index (χ2v) is 12.6. The van der Waals surface area contributed by atoms with Crippen LogP contribution in [-0.4, -0.2) is 52.3 Å². The van der Waals surface area contributed by atoms with Gasteiger partial charge in [-0.15, -0.1) is 0 Å². The van der Waals surface area contributed by atoms with Gasteiger partial charge in [0.15, 0.2) is 0 Å². The molecule has 0 heterocycles. The first kappa shape index (κ1) is 31.9. The van der Waals surface area contributed by atoms with E-state index in [0.717, 1.165) is 47.9 Å². The molecule has 0 spiro atoms. The molecule has 3 aromatic rings. The molecule has 0 aromatic heterocycles. The van der Waals surface area contributed by atoms with Crippen LogP contribution in [0.5, 0.6) is 0 Å². The minimum Gasteiger partial charge on any atom is -0.481 e. The Morgan fingerprint density at radius 3 is 2.48 bits per heavy atom. The van der Waals surface area contributed by atoms with Crippen molar-refractivity contribution < 1.29 is 15.0 Å². The summed E-state index contributed by atoms with van der Waals surface area (Å²) >= 11 is 1.66. The van der Waals surface area contributed by atoms with E-state index in [1.807, 2.05) is 19.2 Å². The topological polar surface area (TPSA) is 72.8 Å². The van der Waals surface area contributed by atoms with Gasteiger partial charge in [0.2, 0.25) is 0 Å². The third-order valence-corrected chi connectivity index (χ3v) is 8.40. The Morgan fingerprint density at radius 2 is 1.77 bits per heavy atom. The quantitative estimate of drug-likeness (QED) is 0.164.